The molecule has 0 unspecified atom stereocenters. The van der Waals surface area contributed by atoms with Crippen LogP contribution < -0.4 is 5.32 Å². The lowest BCUT2D eigenvalue weighted by Crippen LogP contribution is -2.57. The summed E-state index contributed by atoms with van der Waals surface area (Å²) in [5, 5.41) is 3.12. The van der Waals surface area contributed by atoms with Crippen molar-refractivity contribution >= 4 is 28.2 Å². The van der Waals surface area contributed by atoms with Gasteiger partial charge in [-0.15, -0.1) is 12.4 Å². The van der Waals surface area contributed by atoms with E-state index in [9.17, 15) is 13.2 Å². The average molecular weight is 355 g/mol. The van der Waals surface area contributed by atoms with Crippen LogP contribution in [0.3, 0.4) is 0 Å². The molecule has 0 radical (unpaired) electrons. The summed E-state index contributed by atoms with van der Waals surface area (Å²) in [6, 6.07) is 0. The summed E-state index contributed by atoms with van der Waals surface area (Å²) in [6.07, 6.45) is 4.33. The summed E-state index contributed by atoms with van der Waals surface area (Å²) < 4.78 is 28.6. The van der Waals surface area contributed by atoms with Gasteiger partial charge in [-0.2, -0.15) is 0 Å². The third-order valence-electron chi connectivity index (χ3n) is 4.48. The lowest BCUT2D eigenvalue weighted by molar-refractivity contribution is -0.134. The summed E-state index contributed by atoms with van der Waals surface area (Å²) in [5.74, 6) is 0.402. The molecule has 2 aliphatic rings. The molecule has 1 aliphatic heterocycles. The Balaban J connectivity index is 0.00000242. The van der Waals surface area contributed by atoms with Gasteiger partial charge in [0.1, 0.15) is 0 Å². The third-order valence-corrected chi connectivity index (χ3v) is 6.48. The number of likely N-dealkylation sites (N-methyl/N-ethyl adjacent to an activating group) is 1. The van der Waals surface area contributed by atoms with E-state index in [4.69, 9.17) is 4.74 Å². The van der Waals surface area contributed by atoms with E-state index < -0.39 is 14.6 Å². The molecule has 0 atom stereocenters. The van der Waals surface area contributed by atoms with Crippen LogP contribution in [-0.4, -0.2) is 70.1 Å². The first-order valence-corrected chi connectivity index (χ1v) is 9.49. The summed E-state index contributed by atoms with van der Waals surface area (Å²) >= 11 is 0. The maximum atomic E-state index is 12.7. The number of carbonyl (C=O) groups excluding carboxylic acids is 1. The largest absolute Gasteiger partial charge is 0.379 e. The van der Waals surface area contributed by atoms with Crippen LogP contribution in [0.4, 0.5) is 0 Å². The minimum Gasteiger partial charge on any atom is -0.379 e. The number of piperidine rings is 1. The molecule has 1 aliphatic carbocycles. The van der Waals surface area contributed by atoms with Crippen LogP contribution in [-0.2, 0) is 19.4 Å². The Morgan fingerprint density at radius 3 is 2.41 bits per heavy atom. The van der Waals surface area contributed by atoms with Crippen LogP contribution in [0.2, 0.25) is 0 Å². The molecule has 22 heavy (non-hydrogen) atoms. The van der Waals surface area contributed by atoms with Gasteiger partial charge in [-0.3, -0.25) is 4.79 Å². The zero-order valence-electron chi connectivity index (χ0n) is 13.3. The first-order chi connectivity index (χ1) is 9.87. The molecule has 1 saturated carbocycles. The van der Waals surface area contributed by atoms with Crippen LogP contribution in [0.25, 0.3) is 0 Å². The number of nitrogens with one attached hydrogen (secondary N) is 1. The van der Waals surface area contributed by atoms with Crippen molar-refractivity contribution in [3.05, 3.63) is 0 Å². The maximum absolute atomic E-state index is 12.7. The molecular weight excluding hydrogens is 328 g/mol. The number of amides is 1. The minimum atomic E-state index is -3.44. The minimum absolute atomic E-state index is 0. The van der Waals surface area contributed by atoms with E-state index in [1.165, 1.54) is 24.0 Å². The number of sulfone groups is 1. The van der Waals surface area contributed by atoms with E-state index in [0.717, 1.165) is 6.61 Å². The Hall–Kier alpha value is -0.370. The fourth-order valence-corrected chi connectivity index (χ4v) is 4.18. The zero-order chi connectivity index (χ0) is 15.5. The van der Waals surface area contributed by atoms with Gasteiger partial charge in [-0.1, -0.05) is 0 Å². The molecule has 8 heteroatoms. The second kappa shape index (κ2) is 7.95. The van der Waals surface area contributed by atoms with E-state index in [1.807, 2.05) is 0 Å². The predicted octanol–water partition coefficient (Wildman–Crippen LogP) is 0.460. The number of nitrogens with zero attached hydrogens (tertiary/aromatic N) is 1. The molecule has 2 fully saturated rings. The van der Waals surface area contributed by atoms with E-state index in [1.54, 1.807) is 7.05 Å². The maximum Gasteiger partial charge on any atom is 0.243 e. The highest BCUT2D eigenvalue weighted by Gasteiger charge is 2.49. The molecule has 1 saturated heterocycles. The topological polar surface area (TPSA) is 75.7 Å². The van der Waals surface area contributed by atoms with Gasteiger partial charge in [0.15, 0.2) is 14.6 Å². The van der Waals surface area contributed by atoms with Crippen molar-refractivity contribution < 1.29 is 17.9 Å². The van der Waals surface area contributed by atoms with Gasteiger partial charge in [0.05, 0.1) is 6.61 Å². The number of halogens is 1. The summed E-state index contributed by atoms with van der Waals surface area (Å²) in [6.45, 7) is 2.78. The molecule has 6 nitrogen and oxygen atoms in total. The van der Waals surface area contributed by atoms with Crippen molar-refractivity contribution in [2.75, 3.05) is 46.2 Å². The van der Waals surface area contributed by atoms with Crippen LogP contribution >= 0.6 is 12.4 Å². The molecule has 0 aromatic heterocycles. The molecule has 1 heterocycles. The average Bonchev–Trinajstić information content (AvgIpc) is 3.26. The van der Waals surface area contributed by atoms with Crippen molar-refractivity contribution in [3.8, 4) is 0 Å². The molecular formula is C14H27ClN2O4S. The van der Waals surface area contributed by atoms with Crippen molar-refractivity contribution in [2.24, 2.45) is 5.92 Å². The van der Waals surface area contributed by atoms with Gasteiger partial charge in [0.25, 0.3) is 0 Å². The highest BCUT2D eigenvalue weighted by molar-refractivity contribution is 7.92. The Kier molecular flexibility index (Phi) is 7.11. The zero-order valence-corrected chi connectivity index (χ0v) is 15.0. The van der Waals surface area contributed by atoms with Crippen LogP contribution in [0.1, 0.15) is 25.7 Å². The second-order valence-electron chi connectivity index (χ2n) is 6.26. The highest BCUT2D eigenvalue weighted by Crippen LogP contribution is 2.30. The van der Waals surface area contributed by atoms with Crippen LogP contribution in [0.15, 0.2) is 0 Å². The summed E-state index contributed by atoms with van der Waals surface area (Å²) in [5.41, 5.74) is 0. The smallest absolute Gasteiger partial charge is 0.243 e. The second-order valence-corrected chi connectivity index (χ2v) is 8.59. The van der Waals surface area contributed by atoms with E-state index >= 15 is 0 Å². The molecule has 0 aromatic rings. The normalized spacial score (nSPS) is 21.0. The third kappa shape index (κ3) is 4.57. The molecule has 0 aromatic carbocycles. The molecule has 2 rings (SSSR count). The quantitative estimate of drug-likeness (QED) is 0.672. The Bertz CT molecular complexity index is 473. The Labute approximate surface area is 139 Å². The van der Waals surface area contributed by atoms with Crippen molar-refractivity contribution in [3.63, 3.8) is 0 Å². The number of hydrogen-bond acceptors (Lipinski definition) is 5. The lowest BCUT2D eigenvalue weighted by atomic mass is 9.95. The van der Waals surface area contributed by atoms with Gasteiger partial charge in [0, 0.05) is 26.5 Å². The summed E-state index contributed by atoms with van der Waals surface area (Å²) in [4.78, 5) is 14.2. The Morgan fingerprint density at radius 2 is 1.91 bits per heavy atom. The monoisotopic (exact) mass is 354 g/mol. The van der Waals surface area contributed by atoms with E-state index in [2.05, 4.69) is 5.32 Å². The first kappa shape index (κ1) is 19.7. The van der Waals surface area contributed by atoms with Gasteiger partial charge < -0.3 is 15.0 Å². The fourth-order valence-electron chi connectivity index (χ4n) is 2.76. The number of rotatable bonds is 7. The lowest BCUT2D eigenvalue weighted by Gasteiger charge is -2.37. The highest BCUT2D eigenvalue weighted by atomic mass is 35.5. The van der Waals surface area contributed by atoms with Crippen molar-refractivity contribution in [1.82, 2.24) is 10.2 Å². The standard InChI is InChI=1S/C14H26N2O4S.ClH/c1-16(9-10-20-11-12-3-4-12)13(17)14(21(2,18)19)5-7-15-8-6-14;/h12,15H,3-11H2,1-2H3;1H. The van der Waals surface area contributed by atoms with E-state index in [-0.39, 0.29) is 18.3 Å². The molecule has 0 bridgehead atoms. The molecule has 130 valence electrons. The summed E-state index contributed by atoms with van der Waals surface area (Å²) in [7, 11) is -1.77. The van der Waals surface area contributed by atoms with Gasteiger partial charge in [0.2, 0.25) is 5.91 Å². The van der Waals surface area contributed by atoms with Gasteiger partial charge in [-0.25, -0.2) is 8.42 Å². The molecule has 1 N–H and O–H groups in total. The van der Waals surface area contributed by atoms with Crippen LogP contribution in [0.5, 0.6) is 0 Å². The van der Waals surface area contributed by atoms with Crippen molar-refractivity contribution in [1.29, 1.82) is 0 Å². The van der Waals surface area contributed by atoms with Crippen LogP contribution in [0, 0.1) is 5.92 Å². The van der Waals surface area contributed by atoms with Gasteiger partial charge in [-0.05, 0) is 44.7 Å². The van der Waals surface area contributed by atoms with Crippen molar-refractivity contribution in [2.45, 2.75) is 30.4 Å². The van der Waals surface area contributed by atoms with E-state index in [0.29, 0.717) is 45.0 Å². The fraction of sp³-hybridized carbons (Fsp3) is 0.929. The Morgan fingerprint density at radius 1 is 1.32 bits per heavy atom. The molecule has 0 spiro atoms. The number of hydrogen-bond donors (Lipinski definition) is 1. The number of ether oxygens (including phenoxy) is 1. The van der Waals surface area contributed by atoms with Gasteiger partial charge >= 0.3 is 0 Å². The first-order valence-electron chi connectivity index (χ1n) is 7.60. The SMILES string of the molecule is CN(CCOCC1CC1)C(=O)C1(S(C)(=O)=O)CCNCC1.Cl. The predicted molar refractivity (Wildman–Crippen MR) is 88.1 cm³/mol. The number of carbonyl (C=O) groups is 1. The molecule has 1 amide bonds.